The molecule has 1 atom stereocenters. The molecular formula is C27H32N2O6. The number of morpholine rings is 1. The van der Waals surface area contributed by atoms with Gasteiger partial charge in [0, 0.05) is 31.7 Å². The Morgan fingerprint density at radius 2 is 1.49 bits per heavy atom. The molecule has 0 saturated carbocycles. The Hall–Kier alpha value is -3.36. The summed E-state index contributed by atoms with van der Waals surface area (Å²) >= 11 is 0. The minimum absolute atomic E-state index is 0.0882. The summed E-state index contributed by atoms with van der Waals surface area (Å²) in [6.45, 7) is 8.71. The Labute approximate surface area is 205 Å². The van der Waals surface area contributed by atoms with Crippen LogP contribution in [0.5, 0.6) is 11.5 Å². The van der Waals surface area contributed by atoms with E-state index >= 15 is 0 Å². The van der Waals surface area contributed by atoms with Crippen LogP contribution < -0.4 is 9.47 Å². The lowest BCUT2D eigenvalue weighted by Crippen LogP contribution is -2.42. The summed E-state index contributed by atoms with van der Waals surface area (Å²) in [7, 11) is 0. The van der Waals surface area contributed by atoms with Gasteiger partial charge in [0.05, 0.1) is 38.0 Å². The maximum Gasteiger partial charge on any atom is 0.295 e. The standard InChI is InChI=1S/C27H32N2O6/c1-3-34-21-9-5-19(6-10-21)24-23(25(30)20-7-11-22(12-8-20)35-4-2)26(31)27(32)29(24)14-13-28-15-17-33-18-16-28/h5-12,24,30H,3-4,13-18H2,1-2H3/t24-/m0/s1. The first kappa shape index (κ1) is 24.8. The number of ketones is 1. The molecule has 35 heavy (non-hydrogen) atoms. The number of nitrogens with zero attached hydrogens (tertiary/aromatic N) is 2. The van der Waals surface area contributed by atoms with Gasteiger partial charge in [0.2, 0.25) is 0 Å². The van der Waals surface area contributed by atoms with Crippen LogP contribution in [0.2, 0.25) is 0 Å². The van der Waals surface area contributed by atoms with Crippen LogP contribution in [-0.4, -0.2) is 79.2 Å². The second kappa shape index (κ2) is 11.4. The van der Waals surface area contributed by atoms with Crippen molar-refractivity contribution in [1.29, 1.82) is 0 Å². The van der Waals surface area contributed by atoms with Crippen LogP contribution >= 0.6 is 0 Å². The van der Waals surface area contributed by atoms with Crippen LogP contribution in [0, 0.1) is 0 Å². The molecule has 0 spiro atoms. The molecule has 2 aliphatic heterocycles. The lowest BCUT2D eigenvalue weighted by molar-refractivity contribution is -0.140. The highest BCUT2D eigenvalue weighted by atomic mass is 16.5. The fourth-order valence-corrected chi connectivity index (χ4v) is 4.48. The molecule has 2 aliphatic rings. The first-order valence-electron chi connectivity index (χ1n) is 12.1. The first-order chi connectivity index (χ1) is 17.0. The van der Waals surface area contributed by atoms with Gasteiger partial charge >= 0.3 is 0 Å². The van der Waals surface area contributed by atoms with Crippen molar-refractivity contribution < 1.29 is 28.9 Å². The van der Waals surface area contributed by atoms with Crippen LogP contribution in [0.25, 0.3) is 5.76 Å². The summed E-state index contributed by atoms with van der Waals surface area (Å²) in [5.74, 6) is -0.118. The highest BCUT2D eigenvalue weighted by molar-refractivity contribution is 6.46. The van der Waals surface area contributed by atoms with E-state index in [2.05, 4.69) is 4.90 Å². The van der Waals surface area contributed by atoms with Crippen molar-refractivity contribution in [3.05, 3.63) is 65.2 Å². The summed E-state index contributed by atoms with van der Waals surface area (Å²) in [4.78, 5) is 30.1. The fraction of sp³-hybridized carbons (Fsp3) is 0.407. The highest BCUT2D eigenvalue weighted by Gasteiger charge is 2.46. The van der Waals surface area contributed by atoms with Crippen molar-refractivity contribution in [2.45, 2.75) is 19.9 Å². The maximum atomic E-state index is 13.2. The van der Waals surface area contributed by atoms with Gasteiger partial charge in [-0.05, 0) is 55.8 Å². The predicted octanol–water partition coefficient (Wildman–Crippen LogP) is 3.24. The van der Waals surface area contributed by atoms with Crippen molar-refractivity contribution >= 4 is 17.4 Å². The number of Topliss-reactive ketones (excluding diaryl/α,β-unsaturated/α-hetero) is 1. The zero-order valence-electron chi connectivity index (χ0n) is 20.2. The zero-order valence-corrected chi connectivity index (χ0v) is 20.2. The quantitative estimate of drug-likeness (QED) is 0.335. The highest BCUT2D eigenvalue weighted by Crippen LogP contribution is 2.40. The molecule has 0 bridgehead atoms. The lowest BCUT2D eigenvalue weighted by atomic mass is 9.95. The monoisotopic (exact) mass is 480 g/mol. The number of hydrogen-bond acceptors (Lipinski definition) is 7. The molecule has 8 nitrogen and oxygen atoms in total. The predicted molar refractivity (Wildman–Crippen MR) is 131 cm³/mol. The maximum absolute atomic E-state index is 13.2. The SMILES string of the molecule is CCOc1ccc(C(O)=C2C(=O)C(=O)N(CCN3CCOCC3)[C@H]2c2ccc(OCC)cc2)cc1. The number of ether oxygens (including phenoxy) is 3. The molecule has 0 unspecified atom stereocenters. The summed E-state index contributed by atoms with van der Waals surface area (Å²) in [6.07, 6.45) is 0. The lowest BCUT2D eigenvalue weighted by Gasteiger charge is -2.31. The first-order valence-corrected chi connectivity index (χ1v) is 12.1. The number of rotatable bonds is 9. The number of aliphatic hydroxyl groups is 1. The van der Waals surface area contributed by atoms with Crippen LogP contribution in [0.4, 0.5) is 0 Å². The van der Waals surface area contributed by atoms with Gasteiger partial charge in [-0.15, -0.1) is 0 Å². The molecule has 0 aliphatic carbocycles. The summed E-state index contributed by atoms with van der Waals surface area (Å²) in [6, 6.07) is 13.5. The van der Waals surface area contributed by atoms with E-state index in [1.807, 2.05) is 38.1 Å². The molecule has 4 rings (SSSR count). The van der Waals surface area contributed by atoms with E-state index in [9.17, 15) is 14.7 Å². The van der Waals surface area contributed by atoms with Crippen molar-refractivity contribution in [3.63, 3.8) is 0 Å². The summed E-state index contributed by atoms with van der Waals surface area (Å²) < 4.78 is 16.4. The minimum Gasteiger partial charge on any atom is -0.507 e. The van der Waals surface area contributed by atoms with Crippen LogP contribution in [0.3, 0.4) is 0 Å². The number of carbonyl (C=O) groups excluding carboxylic acids is 2. The zero-order chi connectivity index (χ0) is 24.8. The van der Waals surface area contributed by atoms with Gasteiger partial charge in [-0.3, -0.25) is 14.5 Å². The largest absolute Gasteiger partial charge is 0.507 e. The third-order valence-corrected chi connectivity index (χ3v) is 6.25. The Morgan fingerprint density at radius 3 is 2.06 bits per heavy atom. The van der Waals surface area contributed by atoms with Gasteiger partial charge in [0.25, 0.3) is 11.7 Å². The number of carbonyl (C=O) groups is 2. The molecule has 2 aromatic carbocycles. The van der Waals surface area contributed by atoms with E-state index in [-0.39, 0.29) is 11.3 Å². The number of benzene rings is 2. The molecule has 0 aromatic heterocycles. The second-order valence-corrected chi connectivity index (χ2v) is 8.41. The van der Waals surface area contributed by atoms with E-state index in [0.29, 0.717) is 56.6 Å². The third-order valence-electron chi connectivity index (χ3n) is 6.25. The van der Waals surface area contributed by atoms with Crippen molar-refractivity contribution in [2.75, 3.05) is 52.6 Å². The number of hydrogen-bond donors (Lipinski definition) is 1. The Bertz CT molecular complexity index is 1060. The van der Waals surface area contributed by atoms with Gasteiger partial charge in [0.1, 0.15) is 17.3 Å². The molecular weight excluding hydrogens is 448 g/mol. The Morgan fingerprint density at radius 1 is 0.914 bits per heavy atom. The van der Waals surface area contributed by atoms with Gasteiger partial charge in [-0.2, -0.15) is 0 Å². The summed E-state index contributed by atoms with van der Waals surface area (Å²) in [5.41, 5.74) is 1.28. The average Bonchev–Trinajstić information content (AvgIpc) is 3.14. The van der Waals surface area contributed by atoms with E-state index in [1.54, 1.807) is 29.2 Å². The second-order valence-electron chi connectivity index (χ2n) is 8.41. The minimum atomic E-state index is -0.696. The molecule has 1 N–H and O–H groups in total. The third kappa shape index (κ3) is 5.49. The molecule has 2 fully saturated rings. The van der Waals surface area contributed by atoms with Gasteiger partial charge < -0.3 is 24.2 Å². The Balaban J connectivity index is 1.70. The van der Waals surface area contributed by atoms with Crippen molar-refractivity contribution in [1.82, 2.24) is 9.80 Å². The van der Waals surface area contributed by atoms with Gasteiger partial charge in [-0.1, -0.05) is 12.1 Å². The number of likely N-dealkylation sites (tertiary alicyclic amines) is 1. The van der Waals surface area contributed by atoms with Crippen LogP contribution in [0.15, 0.2) is 54.1 Å². The van der Waals surface area contributed by atoms with Gasteiger partial charge in [0.15, 0.2) is 0 Å². The topological polar surface area (TPSA) is 88.5 Å². The molecule has 2 saturated heterocycles. The number of amides is 1. The molecule has 2 aromatic rings. The van der Waals surface area contributed by atoms with E-state index in [0.717, 1.165) is 18.7 Å². The molecule has 8 heteroatoms. The fourth-order valence-electron chi connectivity index (χ4n) is 4.48. The molecule has 2 heterocycles. The van der Waals surface area contributed by atoms with E-state index in [4.69, 9.17) is 14.2 Å². The molecule has 0 radical (unpaired) electrons. The van der Waals surface area contributed by atoms with Gasteiger partial charge in [-0.25, -0.2) is 0 Å². The Kier molecular flexibility index (Phi) is 8.05. The van der Waals surface area contributed by atoms with Crippen molar-refractivity contribution in [3.8, 4) is 11.5 Å². The van der Waals surface area contributed by atoms with Crippen molar-refractivity contribution in [2.24, 2.45) is 0 Å². The number of aliphatic hydroxyl groups excluding tert-OH is 1. The molecule has 1 amide bonds. The smallest absolute Gasteiger partial charge is 0.295 e. The van der Waals surface area contributed by atoms with E-state index < -0.39 is 17.7 Å². The normalized spacial score (nSPS) is 20.3. The summed E-state index contributed by atoms with van der Waals surface area (Å²) in [5, 5.41) is 11.2. The molecule has 186 valence electrons. The van der Waals surface area contributed by atoms with E-state index in [1.165, 1.54) is 0 Å². The van der Waals surface area contributed by atoms with Crippen LogP contribution in [0.1, 0.15) is 31.0 Å². The van der Waals surface area contributed by atoms with Crippen LogP contribution in [-0.2, 0) is 14.3 Å². The average molecular weight is 481 g/mol.